The minimum absolute atomic E-state index is 0.0864. The minimum atomic E-state index is -0.522. The van der Waals surface area contributed by atoms with Gasteiger partial charge < -0.3 is 14.2 Å². The van der Waals surface area contributed by atoms with Crippen LogP contribution in [0.1, 0.15) is 9.67 Å². The van der Waals surface area contributed by atoms with Crippen molar-refractivity contribution in [2.24, 2.45) is 0 Å². The second-order valence-electron chi connectivity index (χ2n) is 5.14. The molecule has 0 saturated carbocycles. The normalized spacial score (nSPS) is 10.8. The molecule has 0 aliphatic carbocycles. The Morgan fingerprint density at radius 2 is 1.73 bits per heavy atom. The summed E-state index contributed by atoms with van der Waals surface area (Å²) >= 11 is 19.6. The van der Waals surface area contributed by atoms with E-state index >= 15 is 0 Å². The molecule has 136 valence electrons. The lowest BCUT2D eigenvalue weighted by atomic mass is 10.2. The van der Waals surface area contributed by atoms with Crippen LogP contribution in [0.5, 0.6) is 11.5 Å². The zero-order chi connectivity index (χ0) is 18.7. The fraction of sp³-hybridized carbons (Fsp3) is 0.167. The lowest BCUT2D eigenvalue weighted by Gasteiger charge is -2.07. The number of halogens is 3. The average molecular weight is 432 g/mol. The van der Waals surface area contributed by atoms with Gasteiger partial charge in [-0.15, -0.1) is 11.3 Å². The SMILES string of the molecule is COc1ccc2c(Cl)c(C(=O)OCCOc3ccc(Cl)cc3)sc2c1Cl. The molecule has 26 heavy (non-hydrogen) atoms. The van der Waals surface area contributed by atoms with E-state index in [0.717, 1.165) is 0 Å². The first-order valence-corrected chi connectivity index (χ1v) is 9.46. The zero-order valence-corrected chi connectivity index (χ0v) is 16.6. The molecule has 3 aromatic rings. The molecule has 8 heteroatoms. The summed E-state index contributed by atoms with van der Waals surface area (Å²) in [6, 6.07) is 10.4. The Labute approximate surface area is 169 Å². The van der Waals surface area contributed by atoms with Crippen LogP contribution in [0.15, 0.2) is 36.4 Å². The summed E-state index contributed by atoms with van der Waals surface area (Å²) in [5.41, 5.74) is 0. The maximum atomic E-state index is 12.3. The van der Waals surface area contributed by atoms with E-state index in [9.17, 15) is 4.79 Å². The van der Waals surface area contributed by atoms with E-state index in [1.54, 1.807) is 36.4 Å². The molecular formula is C18H13Cl3O4S. The highest BCUT2D eigenvalue weighted by atomic mass is 35.5. The third kappa shape index (κ3) is 4.01. The molecule has 0 atom stereocenters. The van der Waals surface area contributed by atoms with Crippen molar-refractivity contribution < 1.29 is 19.0 Å². The summed E-state index contributed by atoms with van der Waals surface area (Å²) in [4.78, 5) is 12.6. The van der Waals surface area contributed by atoms with E-state index in [0.29, 0.717) is 41.5 Å². The highest BCUT2D eigenvalue weighted by Crippen LogP contribution is 2.43. The number of carbonyl (C=O) groups is 1. The Bertz CT molecular complexity index is 938. The molecule has 0 amide bonds. The molecule has 1 aromatic heterocycles. The largest absolute Gasteiger partial charge is 0.495 e. The zero-order valence-electron chi connectivity index (χ0n) is 13.6. The number of methoxy groups -OCH3 is 1. The lowest BCUT2D eigenvalue weighted by molar-refractivity contribution is 0.0456. The number of hydrogen-bond donors (Lipinski definition) is 0. The van der Waals surface area contributed by atoms with Crippen molar-refractivity contribution in [1.29, 1.82) is 0 Å². The van der Waals surface area contributed by atoms with Gasteiger partial charge in [0.25, 0.3) is 0 Å². The van der Waals surface area contributed by atoms with Crippen molar-refractivity contribution in [2.75, 3.05) is 20.3 Å². The third-order valence-corrected chi connectivity index (χ3v) is 5.95. The molecule has 0 radical (unpaired) electrons. The van der Waals surface area contributed by atoms with Crippen molar-refractivity contribution in [3.05, 3.63) is 56.3 Å². The first kappa shape index (κ1) is 19.1. The van der Waals surface area contributed by atoms with Crippen molar-refractivity contribution in [2.45, 2.75) is 0 Å². The Hall–Kier alpha value is -1.66. The Balaban J connectivity index is 1.65. The molecule has 0 aliphatic rings. The van der Waals surface area contributed by atoms with E-state index in [1.165, 1.54) is 18.4 Å². The molecule has 0 bridgehead atoms. The molecule has 2 aromatic carbocycles. The van der Waals surface area contributed by atoms with Gasteiger partial charge in [-0.2, -0.15) is 0 Å². The first-order chi connectivity index (χ1) is 12.5. The van der Waals surface area contributed by atoms with E-state index < -0.39 is 5.97 Å². The number of benzene rings is 2. The van der Waals surface area contributed by atoms with Gasteiger partial charge in [-0.1, -0.05) is 34.8 Å². The van der Waals surface area contributed by atoms with Gasteiger partial charge in [0.05, 0.1) is 16.8 Å². The number of fused-ring (bicyclic) bond motifs is 1. The second kappa shape index (κ2) is 8.35. The number of carbonyl (C=O) groups excluding carboxylic acids is 1. The van der Waals surface area contributed by atoms with Gasteiger partial charge in [-0.25, -0.2) is 4.79 Å². The van der Waals surface area contributed by atoms with Crippen molar-refractivity contribution in [1.82, 2.24) is 0 Å². The van der Waals surface area contributed by atoms with Crippen LogP contribution >= 0.6 is 46.1 Å². The topological polar surface area (TPSA) is 44.8 Å². The van der Waals surface area contributed by atoms with Crippen molar-refractivity contribution in [3.63, 3.8) is 0 Å². The summed E-state index contributed by atoms with van der Waals surface area (Å²) in [5, 5.41) is 2.05. The van der Waals surface area contributed by atoms with Gasteiger partial charge in [-0.3, -0.25) is 0 Å². The molecule has 0 fully saturated rings. The third-order valence-electron chi connectivity index (χ3n) is 3.51. The summed E-state index contributed by atoms with van der Waals surface area (Å²) in [5.74, 6) is 0.642. The molecule has 0 N–H and O–H groups in total. The molecule has 0 aliphatic heterocycles. The predicted octanol–water partition coefficient (Wildman–Crippen LogP) is 6.11. The number of esters is 1. The number of hydrogen-bond acceptors (Lipinski definition) is 5. The molecule has 0 spiro atoms. The fourth-order valence-electron chi connectivity index (χ4n) is 2.26. The first-order valence-electron chi connectivity index (χ1n) is 7.51. The van der Waals surface area contributed by atoms with Crippen LogP contribution < -0.4 is 9.47 Å². The smallest absolute Gasteiger partial charge is 0.350 e. The predicted molar refractivity (Wildman–Crippen MR) is 106 cm³/mol. The molecule has 0 unspecified atom stereocenters. The van der Waals surface area contributed by atoms with Crippen molar-refractivity contribution in [3.8, 4) is 11.5 Å². The lowest BCUT2D eigenvalue weighted by Crippen LogP contribution is -2.11. The summed E-state index contributed by atoms with van der Waals surface area (Å²) in [7, 11) is 1.53. The van der Waals surface area contributed by atoms with Crippen LogP contribution in [0.4, 0.5) is 0 Å². The summed E-state index contributed by atoms with van der Waals surface area (Å²) < 4.78 is 16.6. The number of thiophene rings is 1. The number of ether oxygens (including phenoxy) is 3. The summed E-state index contributed by atoms with van der Waals surface area (Å²) in [6.45, 7) is 0.299. The molecule has 0 saturated heterocycles. The second-order valence-corrected chi connectivity index (χ2v) is 7.35. The van der Waals surface area contributed by atoms with E-state index in [1.807, 2.05) is 0 Å². The van der Waals surface area contributed by atoms with Crippen LogP contribution in [0.2, 0.25) is 15.1 Å². The Morgan fingerprint density at radius 3 is 2.42 bits per heavy atom. The monoisotopic (exact) mass is 430 g/mol. The Kier molecular flexibility index (Phi) is 6.14. The average Bonchev–Trinajstić information content (AvgIpc) is 2.98. The van der Waals surface area contributed by atoms with E-state index in [4.69, 9.17) is 49.0 Å². The van der Waals surface area contributed by atoms with Gasteiger partial charge in [-0.05, 0) is 36.4 Å². The van der Waals surface area contributed by atoms with Crippen LogP contribution in [-0.2, 0) is 4.74 Å². The van der Waals surface area contributed by atoms with Crippen LogP contribution in [0.25, 0.3) is 10.1 Å². The molecule has 4 nitrogen and oxygen atoms in total. The van der Waals surface area contributed by atoms with Gasteiger partial charge >= 0.3 is 5.97 Å². The summed E-state index contributed by atoms with van der Waals surface area (Å²) in [6.07, 6.45) is 0. The van der Waals surface area contributed by atoms with E-state index in [-0.39, 0.29) is 13.2 Å². The molecule has 3 rings (SSSR count). The maximum absolute atomic E-state index is 12.3. The van der Waals surface area contributed by atoms with Gasteiger partial charge in [0.2, 0.25) is 0 Å². The molecule has 1 heterocycles. The quantitative estimate of drug-likeness (QED) is 0.349. The van der Waals surface area contributed by atoms with Crippen LogP contribution in [-0.4, -0.2) is 26.3 Å². The molecular weight excluding hydrogens is 419 g/mol. The maximum Gasteiger partial charge on any atom is 0.350 e. The highest BCUT2D eigenvalue weighted by Gasteiger charge is 2.21. The van der Waals surface area contributed by atoms with Gasteiger partial charge in [0.1, 0.15) is 34.6 Å². The fourth-order valence-corrected chi connectivity index (χ4v) is 4.17. The standard InChI is InChI=1S/C18H13Cl3O4S/c1-23-13-7-6-12-14(20)17(26-16(12)15(13)21)18(22)25-9-8-24-11-4-2-10(19)3-5-11/h2-7H,8-9H2,1H3. The highest BCUT2D eigenvalue weighted by molar-refractivity contribution is 7.22. The number of rotatable bonds is 6. The van der Waals surface area contributed by atoms with Crippen LogP contribution in [0.3, 0.4) is 0 Å². The minimum Gasteiger partial charge on any atom is -0.495 e. The van der Waals surface area contributed by atoms with Gasteiger partial charge in [0, 0.05) is 10.4 Å². The Morgan fingerprint density at radius 1 is 1.00 bits per heavy atom. The van der Waals surface area contributed by atoms with Crippen molar-refractivity contribution >= 4 is 62.2 Å². The van der Waals surface area contributed by atoms with E-state index in [2.05, 4.69) is 0 Å². The van der Waals surface area contributed by atoms with Gasteiger partial charge in [0.15, 0.2) is 0 Å². The van der Waals surface area contributed by atoms with Crippen LogP contribution in [0, 0.1) is 0 Å².